The minimum Gasteiger partial charge on any atom is -0.469 e. The van der Waals surface area contributed by atoms with E-state index < -0.39 is 29.7 Å². The number of hydrogen-bond donors (Lipinski definition) is 1. The highest BCUT2D eigenvalue weighted by atomic mass is 16.5. The number of methoxy groups -OCH3 is 2. The number of benzene rings is 2. The first kappa shape index (κ1) is 23.6. The van der Waals surface area contributed by atoms with Crippen LogP contribution in [0.25, 0.3) is 0 Å². The van der Waals surface area contributed by atoms with E-state index in [0.29, 0.717) is 11.3 Å². The molecule has 2 aromatic rings. The van der Waals surface area contributed by atoms with Crippen molar-refractivity contribution in [2.75, 3.05) is 19.1 Å². The van der Waals surface area contributed by atoms with Crippen molar-refractivity contribution in [1.29, 1.82) is 5.26 Å². The lowest BCUT2D eigenvalue weighted by Crippen LogP contribution is -2.48. The van der Waals surface area contributed by atoms with Gasteiger partial charge in [0.15, 0.2) is 5.41 Å². The predicted molar refractivity (Wildman–Crippen MR) is 124 cm³/mol. The average molecular weight is 473 g/mol. The number of fused-ring (bicyclic) bond motifs is 2. The second kappa shape index (κ2) is 8.99. The molecule has 9 nitrogen and oxygen atoms in total. The third-order valence-corrected chi connectivity index (χ3v) is 6.17. The first-order valence-electron chi connectivity index (χ1n) is 10.7. The quantitative estimate of drug-likeness (QED) is 0.655. The topological polar surface area (TPSA) is 132 Å². The van der Waals surface area contributed by atoms with Crippen LogP contribution in [0.15, 0.2) is 71.3 Å². The second-order valence-electron chi connectivity index (χ2n) is 8.14. The molecule has 2 aliphatic heterocycles. The SMILES string of the molecule is COC(=O)CC1=C(C(=O)OC)C2(C(=O)N(Cc3ccc(C)cc3)c3ccccc32)C(C#N)=C(N)O1. The Kier molecular flexibility index (Phi) is 6.05. The summed E-state index contributed by atoms with van der Waals surface area (Å²) in [7, 11) is 2.32. The number of carbonyl (C=O) groups is 3. The van der Waals surface area contributed by atoms with Crippen LogP contribution in [-0.2, 0) is 40.6 Å². The zero-order valence-corrected chi connectivity index (χ0v) is 19.5. The van der Waals surface area contributed by atoms with E-state index in [9.17, 15) is 19.6 Å². The minimum atomic E-state index is -1.95. The summed E-state index contributed by atoms with van der Waals surface area (Å²) in [6.45, 7) is 2.14. The van der Waals surface area contributed by atoms with Gasteiger partial charge < -0.3 is 24.8 Å². The molecule has 4 rings (SSSR count). The fraction of sp³-hybridized carbons (Fsp3) is 0.231. The first-order chi connectivity index (χ1) is 16.8. The molecule has 0 saturated carbocycles. The van der Waals surface area contributed by atoms with E-state index in [2.05, 4.69) is 0 Å². The van der Waals surface area contributed by atoms with Crippen LogP contribution >= 0.6 is 0 Å². The van der Waals surface area contributed by atoms with Crippen molar-refractivity contribution in [3.8, 4) is 6.07 Å². The maximum atomic E-state index is 14.3. The molecule has 2 aliphatic rings. The van der Waals surface area contributed by atoms with Crippen LogP contribution in [0.2, 0.25) is 0 Å². The highest BCUT2D eigenvalue weighted by molar-refractivity contribution is 6.18. The third kappa shape index (κ3) is 3.60. The van der Waals surface area contributed by atoms with Gasteiger partial charge >= 0.3 is 11.9 Å². The first-order valence-corrected chi connectivity index (χ1v) is 10.7. The van der Waals surface area contributed by atoms with Gasteiger partial charge in [-0.3, -0.25) is 9.59 Å². The Bertz CT molecular complexity index is 1340. The smallest absolute Gasteiger partial charge is 0.339 e. The molecule has 1 unspecified atom stereocenters. The molecule has 0 radical (unpaired) electrons. The molecule has 1 atom stereocenters. The lowest BCUT2D eigenvalue weighted by atomic mass is 9.68. The van der Waals surface area contributed by atoms with Gasteiger partial charge in [-0.25, -0.2) is 4.79 Å². The summed E-state index contributed by atoms with van der Waals surface area (Å²) in [5.41, 5.74) is 6.40. The Hall–Kier alpha value is -4.58. The zero-order chi connectivity index (χ0) is 25.3. The van der Waals surface area contributed by atoms with Gasteiger partial charge in [0.25, 0.3) is 0 Å². The maximum Gasteiger partial charge on any atom is 0.339 e. The van der Waals surface area contributed by atoms with Gasteiger partial charge in [0.2, 0.25) is 11.8 Å². The lowest BCUT2D eigenvalue weighted by molar-refractivity contribution is -0.141. The Morgan fingerprint density at radius 2 is 1.80 bits per heavy atom. The number of nitriles is 1. The number of rotatable bonds is 5. The molecule has 1 amide bonds. The van der Waals surface area contributed by atoms with Crippen LogP contribution in [0, 0.1) is 18.3 Å². The summed E-state index contributed by atoms with van der Waals surface area (Å²) in [6, 6.07) is 16.4. The van der Waals surface area contributed by atoms with Gasteiger partial charge in [0.1, 0.15) is 29.4 Å². The number of anilines is 1. The van der Waals surface area contributed by atoms with Gasteiger partial charge in [0.05, 0.1) is 20.8 Å². The fourth-order valence-electron chi connectivity index (χ4n) is 4.56. The van der Waals surface area contributed by atoms with Gasteiger partial charge in [-0.15, -0.1) is 0 Å². The molecule has 9 heteroatoms. The van der Waals surface area contributed by atoms with Gasteiger partial charge in [0, 0.05) is 11.3 Å². The van der Waals surface area contributed by atoms with Crippen LogP contribution in [0.1, 0.15) is 23.1 Å². The van der Waals surface area contributed by atoms with Crippen molar-refractivity contribution < 1.29 is 28.6 Å². The zero-order valence-electron chi connectivity index (χ0n) is 19.5. The molecular formula is C26H23N3O6. The summed E-state index contributed by atoms with van der Waals surface area (Å²) in [5.74, 6) is -2.81. The number of esters is 2. The van der Waals surface area contributed by atoms with Gasteiger partial charge in [-0.2, -0.15) is 5.26 Å². The number of nitrogens with two attached hydrogens (primary N) is 1. The standard InChI is InChI=1S/C26H23N3O6/c1-15-8-10-16(11-9-15)14-29-19-7-5-4-6-17(19)26(25(29)32)18(13-27)23(28)35-20(12-21(30)33-2)22(26)24(31)34-3/h4-11H,12,14,28H2,1-3H3. The van der Waals surface area contributed by atoms with E-state index >= 15 is 0 Å². The third-order valence-electron chi connectivity index (χ3n) is 6.17. The Balaban J connectivity index is 2.01. The van der Waals surface area contributed by atoms with E-state index in [1.165, 1.54) is 12.0 Å². The molecule has 2 N–H and O–H groups in total. The van der Waals surface area contributed by atoms with Crippen molar-refractivity contribution in [3.63, 3.8) is 0 Å². The molecule has 0 saturated heterocycles. The summed E-state index contributed by atoms with van der Waals surface area (Å²) in [4.78, 5) is 41.2. The fourth-order valence-corrected chi connectivity index (χ4v) is 4.56. The van der Waals surface area contributed by atoms with Crippen molar-refractivity contribution in [3.05, 3.63) is 88.0 Å². The molecule has 0 fully saturated rings. The van der Waals surface area contributed by atoms with E-state index in [0.717, 1.165) is 18.2 Å². The van der Waals surface area contributed by atoms with Gasteiger partial charge in [-0.1, -0.05) is 48.0 Å². The minimum absolute atomic E-state index is 0.179. The summed E-state index contributed by atoms with van der Waals surface area (Å²) in [5, 5.41) is 10.1. The lowest BCUT2D eigenvalue weighted by Gasteiger charge is -2.35. The van der Waals surface area contributed by atoms with Crippen LogP contribution in [0.5, 0.6) is 0 Å². The highest BCUT2D eigenvalue weighted by Gasteiger charge is 2.62. The number of amides is 1. The molecular weight excluding hydrogens is 450 g/mol. The van der Waals surface area contributed by atoms with Crippen LogP contribution in [0.4, 0.5) is 5.69 Å². The molecule has 1 spiro atoms. The van der Waals surface area contributed by atoms with E-state index in [1.807, 2.05) is 37.3 Å². The normalized spacial score (nSPS) is 18.8. The van der Waals surface area contributed by atoms with Crippen LogP contribution in [-0.4, -0.2) is 32.1 Å². The number of nitrogens with zero attached hydrogens (tertiary/aromatic N) is 2. The Morgan fingerprint density at radius 3 is 2.43 bits per heavy atom. The monoisotopic (exact) mass is 473 g/mol. The number of carbonyl (C=O) groups excluding carboxylic acids is 3. The molecule has 0 bridgehead atoms. The summed E-state index contributed by atoms with van der Waals surface area (Å²) in [6.07, 6.45) is -0.491. The van der Waals surface area contributed by atoms with E-state index in [-0.39, 0.29) is 29.3 Å². The maximum absolute atomic E-state index is 14.3. The Morgan fingerprint density at radius 1 is 1.11 bits per heavy atom. The largest absolute Gasteiger partial charge is 0.469 e. The number of ether oxygens (including phenoxy) is 3. The van der Waals surface area contributed by atoms with Crippen LogP contribution in [0.3, 0.4) is 0 Å². The van der Waals surface area contributed by atoms with Crippen molar-refractivity contribution in [2.45, 2.75) is 25.3 Å². The van der Waals surface area contributed by atoms with Gasteiger partial charge in [-0.05, 0) is 18.6 Å². The summed E-state index contributed by atoms with van der Waals surface area (Å²) < 4.78 is 15.3. The summed E-state index contributed by atoms with van der Waals surface area (Å²) >= 11 is 0. The van der Waals surface area contributed by atoms with E-state index in [4.69, 9.17) is 19.9 Å². The molecule has 178 valence electrons. The van der Waals surface area contributed by atoms with Crippen molar-refractivity contribution in [1.82, 2.24) is 0 Å². The van der Waals surface area contributed by atoms with Crippen LogP contribution < -0.4 is 10.6 Å². The highest BCUT2D eigenvalue weighted by Crippen LogP contribution is 2.54. The number of para-hydroxylation sites is 1. The predicted octanol–water partition coefficient (Wildman–Crippen LogP) is 2.49. The number of hydrogen-bond acceptors (Lipinski definition) is 8. The second-order valence-corrected chi connectivity index (χ2v) is 8.14. The molecule has 0 aromatic heterocycles. The number of aryl methyl sites for hydroxylation is 1. The molecule has 2 aromatic carbocycles. The average Bonchev–Trinajstić information content (AvgIpc) is 3.08. The molecule has 0 aliphatic carbocycles. The molecule has 35 heavy (non-hydrogen) atoms. The van der Waals surface area contributed by atoms with Crippen molar-refractivity contribution >= 4 is 23.5 Å². The van der Waals surface area contributed by atoms with E-state index in [1.54, 1.807) is 24.3 Å². The van der Waals surface area contributed by atoms with Crippen molar-refractivity contribution in [2.24, 2.45) is 5.73 Å². The molecule has 2 heterocycles. The Labute approximate surface area is 202 Å².